The van der Waals surface area contributed by atoms with Crippen LogP contribution in [0.3, 0.4) is 0 Å². The average Bonchev–Trinajstić information content (AvgIpc) is 3.61. The third-order valence-electron chi connectivity index (χ3n) is 7.71. The molecule has 1 unspecified atom stereocenters. The number of carbonyl (C=O) groups is 1. The molecule has 218 valence electrons. The van der Waals surface area contributed by atoms with Crippen LogP contribution in [0.25, 0.3) is 22.0 Å². The van der Waals surface area contributed by atoms with Gasteiger partial charge in [0.15, 0.2) is 5.78 Å². The Morgan fingerprint density at radius 2 is 1.95 bits per heavy atom. The van der Waals surface area contributed by atoms with Crippen molar-refractivity contribution >= 4 is 51.4 Å². The van der Waals surface area contributed by atoms with Gasteiger partial charge in [-0.1, -0.05) is 29.8 Å². The van der Waals surface area contributed by atoms with Crippen molar-refractivity contribution in [3.8, 4) is 22.8 Å². The van der Waals surface area contributed by atoms with Crippen LogP contribution in [-0.2, 0) is 9.53 Å². The zero-order valence-electron chi connectivity index (χ0n) is 23.5. The van der Waals surface area contributed by atoms with Gasteiger partial charge in [-0.25, -0.2) is 9.97 Å². The summed E-state index contributed by atoms with van der Waals surface area (Å²) < 4.78 is 16.8. The summed E-state index contributed by atoms with van der Waals surface area (Å²) in [7, 11) is 5.14. The number of hydrogen-bond acceptors (Lipinski definition) is 9. The number of nitrogens with zero attached hydrogens (tertiary/aromatic N) is 3. The molecule has 0 saturated carbocycles. The van der Waals surface area contributed by atoms with E-state index in [1.54, 1.807) is 20.3 Å². The fourth-order valence-electron chi connectivity index (χ4n) is 5.60. The van der Waals surface area contributed by atoms with E-state index in [2.05, 4.69) is 29.2 Å². The molecule has 4 heterocycles. The topological polar surface area (TPSA) is 97.8 Å². The van der Waals surface area contributed by atoms with Gasteiger partial charge in [0, 0.05) is 73.2 Å². The summed E-state index contributed by atoms with van der Waals surface area (Å²) in [5.41, 5.74) is 1.07. The molecule has 5 rings (SSSR count). The lowest BCUT2D eigenvalue weighted by molar-refractivity contribution is -0.115. The van der Waals surface area contributed by atoms with Gasteiger partial charge in [0.2, 0.25) is 0 Å². The van der Waals surface area contributed by atoms with Crippen molar-refractivity contribution in [2.45, 2.75) is 31.4 Å². The number of ketones is 1. The van der Waals surface area contributed by atoms with E-state index in [-0.39, 0.29) is 23.8 Å². The van der Waals surface area contributed by atoms with Crippen molar-refractivity contribution in [1.29, 1.82) is 0 Å². The normalized spacial score (nSPS) is 20.8. The van der Waals surface area contributed by atoms with E-state index in [1.165, 1.54) is 6.08 Å². The summed E-state index contributed by atoms with van der Waals surface area (Å²) >= 11 is 13.5. The number of likely N-dealkylation sites (tertiary alicyclic amines) is 1. The van der Waals surface area contributed by atoms with Crippen LogP contribution >= 0.6 is 23.2 Å². The number of carbonyl (C=O) groups excluding carboxylic acids is 1. The van der Waals surface area contributed by atoms with Crippen LogP contribution in [0.2, 0.25) is 10.0 Å². The van der Waals surface area contributed by atoms with Crippen LogP contribution in [0.15, 0.2) is 37.1 Å². The van der Waals surface area contributed by atoms with Gasteiger partial charge in [-0.05, 0) is 38.1 Å². The molecule has 2 aliphatic rings. The summed E-state index contributed by atoms with van der Waals surface area (Å²) in [6, 6.07) is 5.63. The number of rotatable bonds is 11. The molecular formula is C30H35Cl2N5O4. The largest absolute Gasteiger partial charge is 0.495 e. The van der Waals surface area contributed by atoms with E-state index in [0.717, 1.165) is 43.3 Å². The molecule has 3 atom stereocenters. The molecule has 41 heavy (non-hydrogen) atoms. The molecule has 2 N–H and O–H groups in total. The van der Waals surface area contributed by atoms with E-state index < -0.39 is 0 Å². The third-order valence-corrected chi connectivity index (χ3v) is 8.46. The van der Waals surface area contributed by atoms with E-state index in [1.807, 2.05) is 18.3 Å². The van der Waals surface area contributed by atoms with Crippen LogP contribution in [0, 0.1) is 5.92 Å². The van der Waals surface area contributed by atoms with Crippen LogP contribution in [0.4, 0.5) is 11.6 Å². The molecular weight excluding hydrogens is 565 g/mol. The van der Waals surface area contributed by atoms with Gasteiger partial charge >= 0.3 is 0 Å². The fourth-order valence-corrected chi connectivity index (χ4v) is 6.30. The molecule has 3 aromatic rings. The lowest BCUT2D eigenvalue weighted by Crippen LogP contribution is -2.30. The number of fused-ring (bicyclic) bond motifs is 1. The summed E-state index contributed by atoms with van der Waals surface area (Å²) in [5, 5.41) is 9.49. The maximum absolute atomic E-state index is 12.1. The van der Waals surface area contributed by atoms with Gasteiger partial charge < -0.3 is 29.7 Å². The predicted molar refractivity (Wildman–Crippen MR) is 164 cm³/mol. The minimum absolute atomic E-state index is 0.0485. The molecule has 0 radical (unpaired) electrons. The zero-order valence-corrected chi connectivity index (χ0v) is 25.0. The summed E-state index contributed by atoms with van der Waals surface area (Å²) in [6.45, 7) is 6.64. The SMILES string of the molecule is C=CC(=O)C[C@H]1CN(C)C[C@H]1Nc1cc2c(NCC3CCCO3)nc(-c3c(Cl)c(OC)cc(OC)c3Cl)cc2cn1. The Bertz CT molecular complexity index is 1420. The van der Waals surface area contributed by atoms with Crippen LogP contribution in [0.5, 0.6) is 11.5 Å². The Morgan fingerprint density at radius 1 is 1.20 bits per heavy atom. The maximum atomic E-state index is 12.1. The molecule has 0 spiro atoms. The van der Waals surface area contributed by atoms with Crippen LogP contribution < -0.4 is 20.1 Å². The van der Waals surface area contributed by atoms with Gasteiger partial charge in [0.1, 0.15) is 23.1 Å². The molecule has 11 heteroatoms. The Balaban J connectivity index is 1.54. The van der Waals surface area contributed by atoms with Crippen LogP contribution in [0.1, 0.15) is 19.3 Å². The monoisotopic (exact) mass is 599 g/mol. The average molecular weight is 601 g/mol. The first kappa shape index (κ1) is 29.4. The second kappa shape index (κ2) is 12.8. The van der Waals surface area contributed by atoms with E-state index >= 15 is 0 Å². The number of halogens is 2. The number of pyridine rings is 2. The highest BCUT2D eigenvalue weighted by molar-refractivity contribution is 6.41. The first-order valence-electron chi connectivity index (χ1n) is 13.7. The fraction of sp³-hybridized carbons (Fsp3) is 0.433. The highest BCUT2D eigenvalue weighted by Gasteiger charge is 2.32. The number of benzene rings is 1. The Hall–Kier alpha value is -3.11. The second-order valence-electron chi connectivity index (χ2n) is 10.6. The molecule has 2 aromatic heterocycles. The Morgan fingerprint density at radius 3 is 2.61 bits per heavy atom. The molecule has 9 nitrogen and oxygen atoms in total. The van der Waals surface area contributed by atoms with Gasteiger partial charge in [-0.15, -0.1) is 0 Å². The first-order valence-corrected chi connectivity index (χ1v) is 14.4. The smallest absolute Gasteiger partial charge is 0.155 e. The summed E-state index contributed by atoms with van der Waals surface area (Å²) in [6.07, 6.45) is 5.79. The highest BCUT2D eigenvalue weighted by Crippen LogP contribution is 2.46. The van der Waals surface area contributed by atoms with Crippen molar-refractivity contribution in [3.05, 3.63) is 47.1 Å². The van der Waals surface area contributed by atoms with E-state index in [0.29, 0.717) is 57.4 Å². The molecule has 1 aromatic carbocycles. The second-order valence-corrected chi connectivity index (χ2v) is 11.3. The number of anilines is 2. The van der Waals surface area contributed by atoms with Crippen molar-refractivity contribution in [2.24, 2.45) is 5.92 Å². The van der Waals surface area contributed by atoms with E-state index in [4.69, 9.17) is 47.4 Å². The third kappa shape index (κ3) is 6.38. The van der Waals surface area contributed by atoms with Gasteiger partial charge in [0.25, 0.3) is 0 Å². The number of methoxy groups -OCH3 is 2. The quantitative estimate of drug-likeness (QED) is 0.269. The first-order chi connectivity index (χ1) is 19.8. The van der Waals surface area contributed by atoms with Crippen molar-refractivity contribution in [3.63, 3.8) is 0 Å². The predicted octanol–water partition coefficient (Wildman–Crippen LogP) is 5.70. The molecule has 2 fully saturated rings. The van der Waals surface area contributed by atoms with Gasteiger partial charge in [-0.2, -0.15) is 0 Å². The lowest BCUT2D eigenvalue weighted by atomic mass is 9.97. The summed E-state index contributed by atoms with van der Waals surface area (Å²) in [4.78, 5) is 24.0. The Labute approximate surface area is 250 Å². The Kier molecular flexibility index (Phi) is 9.19. The number of hydrogen-bond donors (Lipinski definition) is 2. The van der Waals surface area contributed by atoms with Crippen molar-refractivity contribution < 1.29 is 19.0 Å². The number of ether oxygens (including phenoxy) is 3. The standard InChI is InChI=1S/C30H35Cl2N5O4/c1-5-19(38)9-18-15-37(2)16-23(18)35-26-11-21-17(13-33-26)10-22(36-30(21)34-14-20-7-6-8-41-20)27-28(31)24(39-3)12-25(40-4)29(27)32/h5,10-13,18,20,23H,1,6-9,14-16H2,2-4H3,(H,33,35)(H,34,36)/t18-,20?,23+/m0/s1. The zero-order chi connectivity index (χ0) is 29.1. The molecule has 2 saturated heterocycles. The van der Waals surface area contributed by atoms with Crippen molar-refractivity contribution in [1.82, 2.24) is 14.9 Å². The molecule has 2 aliphatic heterocycles. The summed E-state index contributed by atoms with van der Waals surface area (Å²) in [5.74, 6) is 2.45. The van der Waals surface area contributed by atoms with Gasteiger partial charge in [-0.3, -0.25) is 4.79 Å². The minimum atomic E-state index is 0.0485. The lowest BCUT2D eigenvalue weighted by Gasteiger charge is -2.21. The molecule has 0 aliphatic carbocycles. The highest BCUT2D eigenvalue weighted by atomic mass is 35.5. The number of likely N-dealkylation sites (N-methyl/N-ethyl adjacent to an activating group) is 1. The van der Waals surface area contributed by atoms with Crippen molar-refractivity contribution in [2.75, 3.05) is 58.1 Å². The van der Waals surface area contributed by atoms with Crippen LogP contribution in [-0.4, -0.2) is 80.3 Å². The van der Waals surface area contributed by atoms with E-state index in [9.17, 15) is 4.79 Å². The van der Waals surface area contributed by atoms with Gasteiger partial charge in [0.05, 0.1) is 36.1 Å². The number of allylic oxidation sites excluding steroid dienone is 1. The molecule has 0 amide bonds. The molecule has 0 bridgehead atoms. The number of aromatic nitrogens is 2. The minimum Gasteiger partial charge on any atom is -0.495 e. The number of nitrogens with one attached hydrogen (secondary N) is 2. The maximum Gasteiger partial charge on any atom is 0.155 e.